The summed E-state index contributed by atoms with van der Waals surface area (Å²) >= 11 is 5.77. The fourth-order valence-electron chi connectivity index (χ4n) is 1.41. The Balaban J connectivity index is 2.07. The molecule has 0 atom stereocenters. The van der Waals surface area contributed by atoms with Crippen LogP contribution in [0.5, 0.6) is 0 Å². The van der Waals surface area contributed by atoms with Gasteiger partial charge in [-0.3, -0.25) is 0 Å². The van der Waals surface area contributed by atoms with Crippen LogP contribution in [-0.2, 0) is 9.47 Å². The van der Waals surface area contributed by atoms with E-state index < -0.39 is 0 Å². The van der Waals surface area contributed by atoms with Gasteiger partial charge in [0.05, 0.1) is 13.2 Å². The van der Waals surface area contributed by atoms with Gasteiger partial charge in [0.25, 0.3) is 0 Å². The first-order valence-corrected chi connectivity index (χ1v) is 6.42. The zero-order valence-electron chi connectivity index (χ0n) is 10.9. The number of aryl methyl sites for hydroxylation is 1. The molecular formula is C12H20ClN3O2. The number of rotatable bonds is 9. The van der Waals surface area contributed by atoms with E-state index in [-0.39, 0.29) is 5.28 Å². The Labute approximate surface area is 113 Å². The molecule has 0 radical (unpaired) electrons. The minimum Gasteiger partial charge on any atom is -0.382 e. The van der Waals surface area contributed by atoms with Crippen LogP contribution in [0.25, 0.3) is 0 Å². The molecule has 0 spiro atoms. The largest absolute Gasteiger partial charge is 0.382 e. The van der Waals surface area contributed by atoms with E-state index in [1.54, 1.807) is 7.11 Å². The van der Waals surface area contributed by atoms with Crippen molar-refractivity contribution >= 4 is 17.4 Å². The zero-order valence-corrected chi connectivity index (χ0v) is 11.7. The molecule has 1 aromatic heterocycles. The Hall–Kier alpha value is -0.910. The highest BCUT2D eigenvalue weighted by Crippen LogP contribution is 2.09. The smallest absolute Gasteiger partial charge is 0.224 e. The van der Waals surface area contributed by atoms with Crippen LogP contribution < -0.4 is 5.32 Å². The summed E-state index contributed by atoms with van der Waals surface area (Å²) < 4.78 is 10.3. The molecule has 0 aliphatic heterocycles. The lowest BCUT2D eigenvalue weighted by molar-refractivity contribution is 0.0691. The van der Waals surface area contributed by atoms with Gasteiger partial charge >= 0.3 is 0 Å². The third kappa shape index (κ3) is 6.74. The van der Waals surface area contributed by atoms with Crippen LogP contribution in [0.15, 0.2) is 6.07 Å². The van der Waals surface area contributed by atoms with Gasteiger partial charge in [-0.15, -0.1) is 0 Å². The van der Waals surface area contributed by atoms with E-state index in [2.05, 4.69) is 15.3 Å². The van der Waals surface area contributed by atoms with Gasteiger partial charge in [-0.25, -0.2) is 9.97 Å². The SMILES string of the molecule is COCCOCCCCNc1cc(C)nc(Cl)n1. The van der Waals surface area contributed by atoms with Crippen molar-refractivity contribution in [1.29, 1.82) is 0 Å². The summed E-state index contributed by atoms with van der Waals surface area (Å²) in [5, 5.41) is 3.49. The number of nitrogens with zero attached hydrogens (tertiary/aromatic N) is 2. The summed E-state index contributed by atoms with van der Waals surface area (Å²) in [4.78, 5) is 8.09. The second-order valence-electron chi connectivity index (χ2n) is 3.90. The van der Waals surface area contributed by atoms with Crippen LogP contribution in [0.4, 0.5) is 5.82 Å². The maximum atomic E-state index is 5.77. The second-order valence-corrected chi connectivity index (χ2v) is 4.24. The first-order chi connectivity index (χ1) is 8.72. The normalized spacial score (nSPS) is 10.6. The zero-order chi connectivity index (χ0) is 13.2. The summed E-state index contributed by atoms with van der Waals surface area (Å²) in [7, 11) is 1.67. The van der Waals surface area contributed by atoms with Gasteiger partial charge in [0.15, 0.2) is 0 Å². The molecule has 5 nitrogen and oxygen atoms in total. The molecule has 0 aliphatic carbocycles. The summed E-state index contributed by atoms with van der Waals surface area (Å²) in [6, 6.07) is 1.88. The van der Waals surface area contributed by atoms with Crippen LogP contribution in [0, 0.1) is 6.92 Å². The topological polar surface area (TPSA) is 56.3 Å². The number of ether oxygens (including phenoxy) is 2. The van der Waals surface area contributed by atoms with Crippen LogP contribution in [0.3, 0.4) is 0 Å². The lowest BCUT2D eigenvalue weighted by Crippen LogP contribution is -2.07. The average Bonchev–Trinajstić information content (AvgIpc) is 2.31. The van der Waals surface area contributed by atoms with E-state index in [0.29, 0.717) is 13.2 Å². The van der Waals surface area contributed by atoms with Crippen LogP contribution >= 0.6 is 11.6 Å². The lowest BCUT2D eigenvalue weighted by Gasteiger charge is -2.07. The van der Waals surface area contributed by atoms with Crippen LogP contribution in [0.1, 0.15) is 18.5 Å². The third-order valence-electron chi connectivity index (χ3n) is 2.28. The predicted molar refractivity (Wildman–Crippen MR) is 72.2 cm³/mol. The van der Waals surface area contributed by atoms with Crippen molar-refractivity contribution in [2.75, 3.05) is 38.8 Å². The molecule has 0 unspecified atom stereocenters. The number of aromatic nitrogens is 2. The minimum atomic E-state index is 0.278. The third-order valence-corrected chi connectivity index (χ3v) is 2.45. The van der Waals surface area contributed by atoms with E-state index in [4.69, 9.17) is 21.1 Å². The Morgan fingerprint density at radius 2 is 2.06 bits per heavy atom. The van der Waals surface area contributed by atoms with Gasteiger partial charge in [-0.1, -0.05) is 0 Å². The molecule has 0 saturated carbocycles. The van der Waals surface area contributed by atoms with Gasteiger partial charge in [0.2, 0.25) is 5.28 Å². The van der Waals surface area contributed by atoms with Gasteiger partial charge in [-0.2, -0.15) is 0 Å². The molecule has 0 bridgehead atoms. The molecule has 102 valence electrons. The highest BCUT2D eigenvalue weighted by Gasteiger charge is 1.99. The highest BCUT2D eigenvalue weighted by atomic mass is 35.5. The van der Waals surface area contributed by atoms with Gasteiger partial charge in [0, 0.05) is 32.0 Å². The second kappa shape index (κ2) is 9.08. The molecule has 0 fully saturated rings. The molecule has 0 aromatic carbocycles. The van der Waals surface area contributed by atoms with Crippen molar-refractivity contribution in [3.63, 3.8) is 0 Å². The van der Waals surface area contributed by atoms with Crippen molar-refractivity contribution in [3.05, 3.63) is 17.0 Å². The molecule has 6 heteroatoms. The quantitative estimate of drug-likeness (QED) is 0.553. The minimum absolute atomic E-state index is 0.278. The summed E-state index contributed by atoms with van der Waals surface area (Å²) in [6.07, 6.45) is 2.03. The molecular weight excluding hydrogens is 254 g/mol. The molecule has 1 N–H and O–H groups in total. The standard InChI is InChI=1S/C12H20ClN3O2/c1-10-9-11(16-12(13)15-10)14-5-3-4-6-18-8-7-17-2/h9H,3-8H2,1-2H3,(H,14,15,16). The fourth-order valence-corrected chi connectivity index (χ4v) is 1.64. The molecule has 0 aliphatic rings. The first kappa shape index (κ1) is 15.1. The number of anilines is 1. The molecule has 1 aromatic rings. The maximum Gasteiger partial charge on any atom is 0.224 e. The Morgan fingerprint density at radius 1 is 1.22 bits per heavy atom. The Bertz CT molecular complexity index is 330. The number of methoxy groups -OCH3 is 1. The number of nitrogens with one attached hydrogen (secondary N) is 1. The lowest BCUT2D eigenvalue weighted by atomic mass is 10.3. The molecule has 18 heavy (non-hydrogen) atoms. The number of unbranched alkanes of at least 4 members (excludes halogenated alkanes) is 1. The molecule has 1 rings (SSSR count). The van der Waals surface area contributed by atoms with E-state index >= 15 is 0 Å². The average molecular weight is 274 g/mol. The van der Waals surface area contributed by atoms with Crippen molar-refractivity contribution in [3.8, 4) is 0 Å². The number of halogens is 1. The summed E-state index contributed by atoms with van der Waals surface area (Å²) in [6.45, 7) is 4.80. The van der Waals surface area contributed by atoms with Gasteiger partial charge < -0.3 is 14.8 Å². The first-order valence-electron chi connectivity index (χ1n) is 6.04. The van der Waals surface area contributed by atoms with Crippen LogP contribution in [-0.4, -0.2) is 43.4 Å². The Morgan fingerprint density at radius 3 is 2.78 bits per heavy atom. The van der Waals surface area contributed by atoms with Crippen molar-refractivity contribution < 1.29 is 9.47 Å². The molecule has 1 heterocycles. The molecule has 0 amide bonds. The maximum absolute atomic E-state index is 5.77. The van der Waals surface area contributed by atoms with Crippen molar-refractivity contribution in [1.82, 2.24) is 9.97 Å². The van der Waals surface area contributed by atoms with Gasteiger partial charge in [-0.05, 0) is 31.4 Å². The van der Waals surface area contributed by atoms with E-state index in [1.165, 1.54) is 0 Å². The predicted octanol–water partition coefficient (Wildman–Crippen LogP) is 2.29. The van der Waals surface area contributed by atoms with E-state index in [1.807, 2.05) is 13.0 Å². The Kier molecular flexibility index (Phi) is 7.64. The van der Waals surface area contributed by atoms with E-state index in [9.17, 15) is 0 Å². The summed E-state index contributed by atoms with van der Waals surface area (Å²) in [5.74, 6) is 0.771. The highest BCUT2D eigenvalue weighted by molar-refractivity contribution is 6.28. The van der Waals surface area contributed by atoms with Crippen molar-refractivity contribution in [2.24, 2.45) is 0 Å². The van der Waals surface area contributed by atoms with Crippen LogP contribution in [0.2, 0.25) is 5.28 Å². The van der Waals surface area contributed by atoms with Crippen molar-refractivity contribution in [2.45, 2.75) is 19.8 Å². The monoisotopic (exact) mass is 273 g/mol. The van der Waals surface area contributed by atoms with Gasteiger partial charge in [0.1, 0.15) is 5.82 Å². The fraction of sp³-hybridized carbons (Fsp3) is 0.667. The molecule has 0 saturated heterocycles. The summed E-state index contributed by atoms with van der Waals surface area (Å²) in [5.41, 5.74) is 0.861. The number of hydrogen-bond donors (Lipinski definition) is 1. The van der Waals surface area contributed by atoms with E-state index in [0.717, 1.165) is 37.5 Å². The number of hydrogen-bond acceptors (Lipinski definition) is 5.